The maximum Gasteiger partial charge on any atom is -1.00 e. The summed E-state index contributed by atoms with van der Waals surface area (Å²) in [6, 6.07) is 0. The van der Waals surface area contributed by atoms with Gasteiger partial charge in [0.05, 0.1) is 0 Å². The van der Waals surface area contributed by atoms with Gasteiger partial charge in [0.25, 0.3) is 0 Å². The van der Waals surface area contributed by atoms with Crippen LogP contribution in [0.3, 0.4) is 0 Å². The van der Waals surface area contributed by atoms with E-state index in [9.17, 15) is 0 Å². The second-order valence-corrected chi connectivity index (χ2v) is 8.70. The molecule has 0 aliphatic heterocycles. The van der Waals surface area contributed by atoms with Crippen molar-refractivity contribution < 1.29 is 44.0 Å². The molecule has 0 nitrogen and oxygen atoms in total. The van der Waals surface area contributed by atoms with Crippen molar-refractivity contribution in [3.05, 3.63) is 42.2 Å². The summed E-state index contributed by atoms with van der Waals surface area (Å²) in [7, 11) is 0. The van der Waals surface area contributed by atoms with Gasteiger partial charge in [-0.3, -0.25) is 0 Å². The van der Waals surface area contributed by atoms with Gasteiger partial charge in [0.15, 0.2) is 0 Å². The third-order valence-corrected chi connectivity index (χ3v) is 7.29. The summed E-state index contributed by atoms with van der Waals surface area (Å²) >= 11 is -0.0520. The Morgan fingerprint density at radius 1 is 0.783 bits per heavy atom. The Balaban J connectivity index is 0.00000242. The summed E-state index contributed by atoms with van der Waals surface area (Å²) in [5.41, 5.74) is 6.65. The average Bonchev–Trinajstić information content (AvgIpc) is 2.99. The molecular formula is C20H30Cl2Ti. The fourth-order valence-corrected chi connectivity index (χ4v) is 6.00. The molecule has 0 bridgehead atoms. The molecule has 0 heterocycles. The van der Waals surface area contributed by atoms with E-state index in [-0.39, 0.29) is 44.0 Å². The topological polar surface area (TPSA) is 0 Å². The molecule has 0 aromatic carbocycles. The minimum atomic E-state index is -0.0520. The molecule has 3 heteroatoms. The predicted molar refractivity (Wildman–Crippen MR) is 89.9 cm³/mol. The van der Waals surface area contributed by atoms with E-state index in [1.807, 2.05) is 7.76 Å². The Morgan fingerprint density at radius 2 is 1.17 bits per heavy atom. The van der Waals surface area contributed by atoms with Gasteiger partial charge in [-0.15, -0.1) is 0 Å². The van der Waals surface area contributed by atoms with Gasteiger partial charge in [-0.2, -0.15) is 0 Å². The molecule has 0 fully saturated rings. The van der Waals surface area contributed by atoms with Crippen molar-refractivity contribution in [2.24, 2.45) is 0 Å². The molecule has 0 atom stereocenters. The Kier molecular flexibility index (Phi) is 11.9. The first-order valence-corrected chi connectivity index (χ1v) is 10.3. The minimum Gasteiger partial charge on any atom is -1.00 e. The Labute approximate surface area is 164 Å². The van der Waals surface area contributed by atoms with Crippen LogP contribution in [0.15, 0.2) is 42.2 Å². The quantitative estimate of drug-likeness (QED) is 0.536. The van der Waals surface area contributed by atoms with E-state index in [4.69, 9.17) is 0 Å². The monoisotopic (exact) mass is 388 g/mol. The second-order valence-electron chi connectivity index (χ2n) is 6.43. The van der Waals surface area contributed by atoms with Gasteiger partial charge >= 0.3 is 140 Å². The Morgan fingerprint density at radius 3 is 1.52 bits per heavy atom. The molecule has 128 valence electrons. The summed E-state index contributed by atoms with van der Waals surface area (Å²) < 4.78 is 3.68. The fourth-order valence-electron chi connectivity index (χ4n) is 3.32. The van der Waals surface area contributed by atoms with Gasteiger partial charge in [-0.05, 0) is 0 Å². The molecular weight excluding hydrogens is 359 g/mol. The van der Waals surface area contributed by atoms with Crippen molar-refractivity contribution in [2.75, 3.05) is 0 Å². The van der Waals surface area contributed by atoms with Crippen LogP contribution in [-0.4, -0.2) is 0 Å². The Hall–Kier alpha value is 0.254. The molecule has 0 aromatic heterocycles. The van der Waals surface area contributed by atoms with E-state index >= 15 is 0 Å². The molecule has 0 spiro atoms. The smallest absolute Gasteiger partial charge is 1.00 e. The van der Waals surface area contributed by atoms with E-state index in [0.29, 0.717) is 0 Å². The van der Waals surface area contributed by atoms with E-state index in [0.717, 1.165) is 0 Å². The second kappa shape index (κ2) is 11.7. The fraction of sp³-hybridized carbons (Fsp3) is 0.600. The van der Waals surface area contributed by atoms with Crippen LogP contribution < -0.4 is 24.8 Å². The van der Waals surface area contributed by atoms with Crippen molar-refractivity contribution in [1.82, 2.24) is 0 Å². The van der Waals surface area contributed by atoms with Crippen LogP contribution in [0.4, 0.5) is 0 Å². The molecule has 2 aliphatic carbocycles. The van der Waals surface area contributed by atoms with Gasteiger partial charge in [0.1, 0.15) is 0 Å². The van der Waals surface area contributed by atoms with Crippen molar-refractivity contribution in [2.45, 2.75) is 79.1 Å². The maximum absolute atomic E-state index is 2.48. The van der Waals surface area contributed by atoms with Gasteiger partial charge in [-0.25, -0.2) is 0 Å². The number of hydrogen-bond donors (Lipinski definition) is 0. The van der Waals surface area contributed by atoms with E-state index < -0.39 is 0 Å². The SMILES string of the molecule is CCCCC1=[C]([Ti+2][C]2=C(CCCC)C(C)=CC2)CC=C1C.[Cl-].[Cl-]. The van der Waals surface area contributed by atoms with Crippen LogP contribution in [0.25, 0.3) is 0 Å². The summed E-state index contributed by atoms with van der Waals surface area (Å²) in [4.78, 5) is 0. The zero-order valence-electron chi connectivity index (χ0n) is 15.1. The van der Waals surface area contributed by atoms with Crippen LogP contribution >= 0.6 is 0 Å². The van der Waals surface area contributed by atoms with Gasteiger partial charge in [0, 0.05) is 0 Å². The van der Waals surface area contributed by atoms with Crippen LogP contribution in [0.5, 0.6) is 0 Å². The summed E-state index contributed by atoms with van der Waals surface area (Å²) in [5.74, 6) is 0. The molecule has 0 saturated heterocycles. The Bertz CT molecular complexity index is 464. The van der Waals surface area contributed by atoms with Gasteiger partial charge in [0.2, 0.25) is 0 Å². The van der Waals surface area contributed by atoms with Crippen LogP contribution in [0.2, 0.25) is 0 Å². The first-order chi connectivity index (χ1) is 10.2. The molecule has 0 radical (unpaired) electrons. The molecule has 0 amide bonds. The van der Waals surface area contributed by atoms with E-state index in [1.165, 1.54) is 51.4 Å². The average molecular weight is 389 g/mol. The predicted octanol–water partition coefficient (Wildman–Crippen LogP) is 0.666. The number of hydrogen-bond acceptors (Lipinski definition) is 0. The van der Waals surface area contributed by atoms with Crippen LogP contribution in [-0.2, 0) is 19.2 Å². The third-order valence-electron chi connectivity index (χ3n) is 4.77. The van der Waals surface area contributed by atoms with Crippen molar-refractivity contribution >= 4 is 0 Å². The molecule has 0 saturated carbocycles. The van der Waals surface area contributed by atoms with E-state index in [2.05, 4.69) is 39.8 Å². The third kappa shape index (κ3) is 6.24. The summed E-state index contributed by atoms with van der Waals surface area (Å²) in [6.07, 6.45) is 15.5. The van der Waals surface area contributed by atoms with Gasteiger partial charge < -0.3 is 24.8 Å². The van der Waals surface area contributed by atoms with Crippen LogP contribution in [0, 0.1) is 0 Å². The van der Waals surface area contributed by atoms with Crippen LogP contribution in [0.1, 0.15) is 79.1 Å². The molecule has 0 N–H and O–H groups in total. The summed E-state index contributed by atoms with van der Waals surface area (Å²) in [6.45, 7) is 9.27. The number of unbranched alkanes of at least 4 members (excludes halogenated alkanes) is 2. The molecule has 0 aromatic rings. The number of halogens is 2. The molecule has 0 unspecified atom stereocenters. The number of rotatable bonds is 8. The van der Waals surface area contributed by atoms with Crippen molar-refractivity contribution in [1.29, 1.82) is 0 Å². The maximum atomic E-state index is 2.48. The normalized spacial score (nSPS) is 16.7. The molecule has 2 aliphatic rings. The van der Waals surface area contributed by atoms with Crippen molar-refractivity contribution in [3.8, 4) is 0 Å². The number of allylic oxidation sites excluding steroid dienone is 8. The molecule has 2 rings (SSSR count). The molecule has 23 heavy (non-hydrogen) atoms. The minimum absolute atomic E-state index is 0. The largest absolute Gasteiger partial charge is 1.00 e. The zero-order chi connectivity index (χ0) is 15.2. The van der Waals surface area contributed by atoms with E-state index in [1.54, 1.807) is 22.3 Å². The summed E-state index contributed by atoms with van der Waals surface area (Å²) in [5, 5.41) is 0. The first kappa shape index (κ1) is 23.3. The first-order valence-electron chi connectivity index (χ1n) is 8.72. The standard InChI is InChI=1S/2C10H15.2ClH.Ti/c2*1-3-4-7-10-8-5-6-9(10)2;;;/h2*6H,3-5,7H2,1-2H3;2*1H;/q;;;;+2/p-2. The van der Waals surface area contributed by atoms with Crippen molar-refractivity contribution in [3.63, 3.8) is 0 Å². The van der Waals surface area contributed by atoms with Gasteiger partial charge in [-0.1, -0.05) is 0 Å². The zero-order valence-corrected chi connectivity index (χ0v) is 18.1.